The lowest BCUT2D eigenvalue weighted by Gasteiger charge is -2.15. The van der Waals surface area contributed by atoms with Gasteiger partial charge in [-0.2, -0.15) is 0 Å². The molecule has 0 aliphatic rings. The Morgan fingerprint density at radius 3 is 2.88 bits per heavy atom. The molecular weight excluding hydrogens is 220 g/mol. The van der Waals surface area contributed by atoms with Crippen molar-refractivity contribution in [3.8, 4) is 0 Å². The molecule has 1 N–H and O–H groups in total. The second-order valence-electron chi connectivity index (χ2n) is 3.66. The van der Waals surface area contributed by atoms with Crippen LogP contribution in [-0.4, -0.2) is 18.0 Å². The van der Waals surface area contributed by atoms with E-state index in [0.717, 1.165) is 0 Å². The van der Waals surface area contributed by atoms with E-state index in [4.69, 9.17) is 0 Å². The number of rotatable bonds is 3. The first-order valence-corrected chi connectivity index (χ1v) is 5.94. The van der Waals surface area contributed by atoms with Gasteiger partial charge in [-0.1, -0.05) is 18.2 Å². The number of hydrazine groups is 1. The Kier molecular flexibility index (Phi) is 3.22. The van der Waals surface area contributed by atoms with Gasteiger partial charge in [-0.15, -0.1) is 11.3 Å². The zero-order valence-electron chi connectivity index (χ0n) is 9.36. The van der Waals surface area contributed by atoms with Crippen LogP contribution in [0.4, 0.5) is 0 Å². The van der Waals surface area contributed by atoms with Crippen molar-refractivity contribution in [2.45, 2.75) is 13.5 Å². The SMILES string of the molecule is CC(=O)N(C)NCc1cc2ccccc2s1. The summed E-state index contributed by atoms with van der Waals surface area (Å²) in [6.07, 6.45) is 0. The molecule has 0 fully saturated rings. The van der Waals surface area contributed by atoms with Crippen molar-refractivity contribution < 1.29 is 4.79 Å². The van der Waals surface area contributed by atoms with Crippen LogP contribution in [0.2, 0.25) is 0 Å². The Balaban J connectivity index is 2.07. The summed E-state index contributed by atoms with van der Waals surface area (Å²) in [6.45, 7) is 2.23. The van der Waals surface area contributed by atoms with E-state index in [-0.39, 0.29) is 5.91 Å². The maximum Gasteiger partial charge on any atom is 0.233 e. The summed E-state index contributed by atoms with van der Waals surface area (Å²) in [5.41, 5.74) is 3.05. The van der Waals surface area contributed by atoms with E-state index in [1.54, 1.807) is 18.4 Å². The van der Waals surface area contributed by atoms with Gasteiger partial charge in [0.2, 0.25) is 5.91 Å². The maximum absolute atomic E-state index is 11.0. The van der Waals surface area contributed by atoms with Gasteiger partial charge in [-0.05, 0) is 17.5 Å². The third-order valence-corrected chi connectivity index (χ3v) is 3.56. The molecule has 0 atom stereocenters. The molecule has 1 aromatic heterocycles. The highest BCUT2D eigenvalue weighted by atomic mass is 32.1. The van der Waals surface area contributed by atoms with Crippen LogP contribution in [0.25, 0.3) is 10.1 Å². The highest BCUT2D eigenvalue weighted by Crippen LogP contribution is 2.24. The molecule has 84 valence electrons. The molecule has 2 aromatic rings. The molecule has 0 saturated carbocycles. The van der Waals surface area contributed by atoms with Crippen LogP contribution in [-0.2, 0) is 11.3 Å². The van der Waals surface area contributed by atoms with Crippen LogP contribution in [0.15, 0.2) is 30.3 Å². The second-order valence-corrected chi connectivity index (χ2v) is 4.83. The van der Waals surface area contributed by atoms with Crippen molar-refractivity contribution in [3.05, 3.63) is 35.2 Å². The molecule has 0 bridgehead atoms. The number of benzene rings is 1. The highest BCUT2D eigenvalue weighted by Gasteiger charge is 2.04. The zero-order chi connectivity index (χ0) is 11.5. The molecule has 0 aliphatic carbocycles. The minimum atomic E-state index is 0.0149. The first-order chi connectivity index (χ1) is 7.66. The van der Waals surface area contributed by atoms with Gasteiger partial charge in [-0.25, -0.2) is 5.43 Å². The minimum absolute atomic E-state index is 0.0149. The highest BCUT2D eigenvalue weighted by molar-refractivity contribution is 7.19. The van der Waals surface area contributed by atoms with E-state index >= 15 is 0 Å². The fraction of sp³-hybridized carbons (Fsp3) is 0.250. The first kappa shape index (κ1) is 11.1. The van der Waals surface area contributed by atoms with Gasteiger partial charge >= 0.3 is 0 Å². The molecule has 4 heteroatoms. The number of hydrogen-bond acceptors (Lipinski definition) is 3. The summed E-state index contributed by atoms with van der Waals surface area (Å²) in [5, 5.41) is 2.76. The minimum Gasteiger partial charge on any atom is -0.281 e. The molecule has 2 rings (SSSR count). The topological polar surface area (TPSA) is 32.3 Å². The number of fused-ring (bicyclic) bond motifs is 1. The normalized spacial score (nSPS) is 10.6. The molecule has 0 unspecified atom stereocenters. The number of carbonyl (C=O) groups is 1. The van der Waals surface area contributed by atoms with Gasteiger partial charge in [-0.3, -0.25) is 9.80 Å². The molecule has 1 aromatic carbocycles. The number of hydrogen-bond donors (Lipinski definition) is 1. The largest absolute Gasteiger partial charge is 0.281 e. The molecule has 0 saturated heterocycles. The fourth-order valence-electron chi connectivity index (χ4n) is 1.43. The van der Waals surface area contributed by atoms with Crippen molar-refractivity contribution in [1.29, 1.82) is 0 Å². The van der Waals surface area contributed by atoms with E-state index in [1.165, 1.54) is 26.9 Å². The maximum atomic E-state index is 11.0. The average Bonchev–Trinajstić information content (AvgIpc) is 2.68. The van der Waals surface area contributed by atoms with Crippen molar-refractivity contribution >= 4 is 27.3 Å². The van der Waals surface area contributed by atoms with E-state index in [1.807, 2.05) is 12.1 Å². The van der Waals surface area contributed by atoms with Gasteiger partial charge in [0.15, 0.2) is 0 Å². The van der Waals surface area contributed by atoms with Crippen molar-refractivity contribution in [2.75, 3.05) is 7.05 Å². The summed E-state index contributed by atoms with van der Waals surface area (Å²) in [7, 11) is 1.73. The smallest absolute Gasteiger partial charge is 0.233 e. The molecule has 0 aliphatic heterocycles. The number of carbonyl (C=O) groups excluding carboxylic acids is 1. The zero-order valence-corrected chi connectivity index (χ0v) is 10.2. The Hall–Kier alpha value is -1.39. The van der Waals surface area contributed by atoms with Crippen LogP contribution >= 0.6 is 11.3 Å². The second kappa shape index (κ2) is 4.63. The summed E-state index contributed by atoms with van der Waals surface area (Å²) in [5.74, 6) is 0.0149. The van der Waals surface area contributed by atoms with Gasteiger partial charge < -0.3 is 0 Å². The molecular formula is C12H14N2OS. The molecule has 0 spiro atoms. The van der Waals surface area contributed by atoms with Gasteiger partial charge in [0.05, 0.1) is 0 Å². The van der Waals surface area contributed by atoms with E-state index in [9.17, 15) is 4.79 Å². The first-order valence-electron chi connectivity index (χ1n) is 5.12. The molecule has 1 amide bonds. The third kappa shape index (κ3) is 2.40. The van der Waals surface area contributed by atoms with Gasteiger partial charge in [0, 0.05) is 30.1 Å². The Morgan fingerprint density at radius 2 is 2.19 bits per heavy atom. The molecule has 16 heavy (non-hydrogen) atoms. The summed E-state index contributed by atoms with van der Waals surface area (Å²) in [6, 6.07) is 10.4. The van der Waals surface area contributed by atoms with Crippen molar-refractivity contribution in [3.63, 3.8) is 0 Å². The number of nitrogens with zero attached hydrogens (tertiary/aromatic N) is 1. The van der Waals surface area contributed by atoms with Crippen LogP contribution in [0, 0.1) is 0 Å². The summed E-state index contributed by atoms with van der Waals surface area (Å²) >= 11 is 1.75. The van der Waals surface area contributed by atoms with E-state index in [0.29, 0.717) is 6.54 Å². The van der Waals surface area contributed by atoms with Crippen LogP contribution in [0.5, 0.6) is 0 Å². The monoisotopic (exact) mass is 234 g/mol. The van der Waals surface area contributed by atoms with Gasteiger partial charge in [0.25, 0.3) is 0 Å². The lowest BCUT2D eigenvalue weighted by Crippen LogP contribution is -2.37. The Bertz CT molecular complexity index is 473. The molecule has 0 radical (unpaired) electrons. The predicted octanol–water partition coefficient (Wildman–Crippen LogP) is 2.38. The van der Waals surface area contributed by atoms with Crippen LogP contribution in [0.3, 0.4) is 0 Å². The molecule has 1 heterocycles. The van der Waals surface area contributed by atoms with E-state index in [2.05, 4.69) is 23.6 Å². The number of thiophene rings is 1. The molecule has 3 nitrogen and oxygen atoms in total. The summed E-state index contributed by atoms with van der Waals surface area (Å²) < 4.78 is 1.28. The average molecular weight is 234 g/mol. The Labute approximate surface area is 98.7 Å². The lowest BCUT2D eigenvalue weighted by molar-refractivity contribution is -0.130. The van der Waals surface area contributed by atoms with Crippen molar-refractivity contribution in [1.82, 2.24) is 10.4 Å². The Morgan fingerprint density at radius 1 is 1.44 bits per heavy atom. The quantitative estimate of drug-likeness (QED) is 0.827. The third-order valence-electron chi connectivity index (χ3n) is 2.44. The predicted molar refractivity (Wildman–Crippen MR) is 67.1 cm³/mol. The number of amides is 1. The van der Waals surface area contributed by atoms with Gasteiger partial charge in [0.1, 0.15) is 0 Å². The van der Waals surface area contributed by atoms with Crippen LogP contribution < -0.4 is 5.43 Å². The lowest BCUT2D eigenvalue weighted by atomic mass is 10.2. The summed E-state index contributed by atoms with van der Waals surface area (Å²) in [4.78, 5) is 12.2. The van der Waals surface area contributed by atoms with Crippen LogP contribution in [0.1, 0.15) is 11.8 Å². The number of nitrogens with one attached hydrogen (secondary N) is 1. The standard InChI is InChI=1S/C12H14N2OS/c1-9(15)14(2)13-8-11-7-10-5-3-4-6-12(10)16-11/h3-7,13H,8H2,1-2H3. The van der Waals surface area contributed by atoms with Crippen molar-refractivity contribution in [2.24, 2.45) is 0 Å². The fourth-order valence-corrected chi connectivity index (χ4v) is 2.43. The van der Waals surface area contributed by atoms with E-state index < -0.39 is 0 Å².